The second kappa shape index (κ2) is 4.25. The Labute approximate surface area is 99.6 Å². The zero-order valence-corrected chi connectivity index (χ0v) is 9.65. The van der Waals surface area contributed by atoms with E-state index in [-0.39, 0.29) is 0 Å². The molecule has 0 saturated carbocycles. The Hall–Kier alpha value is -1.75. The third kappa shape index (κ3) is 2.19. The van der Waals surface area contributed by atoms with Gasteiger partial charge in [0, 0.05) is 24.8 Å². The lowest BCUT2D eigenvalue weighted by molar-refractivity contribution is 0.265. The summed E-state index contributed by atoms with van der Waals surface area (Å²) in [5, 5.41) is 2.15. The summed E-state index contributed by atoms with van der Waals surface area (Å²) in [6.45, 7) is 2.09. The van der Waals surface area contributed by atoms with Crippen LogP contribution in [-0.2, 0) is 0 Å². The van der Waals surface area contributed by atoms with E-state index in [0.717, 1.165) is 24.2 Å². The van der Waals surface area contributed by atoms with Crippen LogP contribution >= 0.6 is 0 Å². The molecule has 1 saturated heterocycles. The predicted octanol–water partition coefficient (Wildman–Crippen LogP) is 2.22. The average Bonchev–Trinajstić information content (AvgIpc) is 2.71. The molecule has 3 N–H and O–H groups in total. The lowest BCUT2D eigenvalue weighted by Gasteiger charge is -2.25. The van der Waals surface area contributed by atoms with Crippen LogP contribution in [0.1, 0.15) is 19.3 Å². The monoisotopic (exact) mass is 232 g/mol. The van der Waals surface area contributed by atoms with Crippen molar-refractivity contribution in [3.05, 3.63) is 18.2 Å². The van der Waals surface area contributed by atoms with Crippen molar-refractivity contribution in [2.75, 3.05) is 24.2 Å². The van der Waals surface area contributed by atoms with Crippen molar-refractivity contribution < 1.29 is 4.42 Å². The number of aromatic nitrogens is 1. The number of fused-ring (bicyclic) bond motifs is 1. The summed E-state index contributed by atoms with van der Waals surface area (Å²) >= 11 is 0. The molecule has 5 heteroatoms. The van der Waals surface area contributed by atoms with E-state index in [1.807, 2.05) is 12.1 Å². The van der Waals surface area contributed by atoms with Gasteiger partial charge in [-0.1, -0.05) is 6.42 Å². The van der Waals surface area contributed by atoms with Crippen molar-refractivity contribution in [2.24, 2.45) is 0 Å². The number of nitrogens with two attached hydrogens (primary N) is 1. The van der Waals surface area contributed by atoms with Crippen LogP contribution in [-0.4, -0.2) is 23.1 Å². The summed E-state index contributed by atoms with van der Waals surface area (Å²) in [7, 11) is 0. The highest BCUT2D eigenvalue weighted by atomic mass is 16.4. The van der Waals surface area contributed by atoms with Gasteiger partial charge in [0.1, 0.15) is 5.52 Å². The van der Waals surface area contributed by atoms with Crippen LogP contribution in [0.2, 0.25) is 0 Å². The molecule has 2 heterocycles. The Balaban J connectivity index is 1.80. The summed E-state index contributed by atoms with van der Waals surface area (Å²) in [5.74, 6) is 0. The summed E-state index contributed by atoms with van der Waals surface area (Å²) < 4.78 is 5.61. The first-order valence-corrected chi connectivity index (χ1v) is 5.99. The predicted molar refractivity (Wildman–Crippen MR) is 67.5 cm³/mol. The van der Waals surface area contributed by atoms with E-state index < -0.39 is 0 Å². The molecule has 0 spiro atoms. The first-order valence-electron chi connectivity index (χ1n) is 5.99. The molecule has 5 nitrogen and oxygen atoms in total. The van der Waals surface area contributed by atoms with Gasteiger partial charge in [-0.05, 0) is 25.0 Å². The number of anilines is 2. The fraction of sp³-hybridized carbons (Fsp3) is 0.417. The molecule has 3 rings (SSSR count). The summed E-state index contributed by atoms with van der Waals surface area (Å²) in [6, 6.07) is 6.04. The van der Waals surface area contributed by atoms with Gasteiger partial charge < -0.3 is 10.2 Å². The minimum atomic E-state index is 0.549. The maximum absolute atomic E-state index is 5.70. The Bertz CT molecular complexity index is 516. The maximum atomic E-state index is 5.70. The minimum Gasteiger partial charge on any atom is -0.423 e. The van der Waals surface area contributed by atoms with E-state index in [0.29, 0.717) is 11.7 Å². The molecule has 1 fully saturated rings. The van der Waals surface area contributed by atoms with Gasteiger partial charge >= 0.3 is 6.01 Å². The molecule has 1 aromatic heterocycles. The third-order valence-electron chi connectivity index (χ3n) is 3.02. The molecule has 2 aromatic rings. The summed E-state index contributed by atoms with van der Waals surface area (Å²) in [4.78, 5) is 4.37. The van der Waals surface area contributed by atoms with Gasteiger partial charge in [0.15, 0.2) is 5.58 Å². The van der Waals surface area contributed by atoms with Crippen molar-refractivity contribution >= 4 is 22.8 Å². The Kier molecular flexibility index (Phi) is 2.60. The van der Waals surface area contributed by atoms with Crippen LogP contribution in [0, 0.1) is 0 Å². The number of benzene rings is 1. The van der Waals surface area contributed by atoms with Gasteiger partial charge in [-0.2, -0.15) is 4.98 Å². The molecule has 0 unspecified atom stereocenters. The Morgan fingerprint density at radius 1 is 1.24 bits per heavy atom. The topological polar surface area (TPSA) is 67.3 Å². The number of nitrogens with zero attached hydrogens (tertiary/aromatic N) is 2. The molecular formula is C12H16N4O. The molecular weight excluding hydrogens is 216 g/mol. The van der Waals surface area contributed by atoms with Gasteiger partial charge in [-0.15, -0.1) is 0 Å². The lowest BCUT2D eigenvalue weighted by Crippen LogP contribution is -2.34. The van der Waals surface area contributed by atoms with Crippen LogP contribution in [0.5, 0.6) is 0 Å². The standard InChI is InChI=1S/C12H16N4O/c13-9-4-5-10-11(8-9)17-12(14-10)15-16-6-2-1-3-7-16/h4-5,8H,1-3,6-7,13H2,(H,14,15). The highest BCUT2D eigenvalue weighted by molar-refractivity contribution is 5.77. The average molecular weight is 232 g/mol. The van der Waals surface area contributed by atoms with E-state index in [9.17, 15) is 0 Å². The number of piperidine rings is 1. The Morgan fingerprint density at radius 3 is 2.88 bits per heavy atom. The fourth-order valence-corrected chi connectivity index (χ4v) is 2.13. The molecule has 1 aliphatic heterocycles. The molecule has 17 heavy (non-hydrogen) atoms. The van der Waals surface area contributed by atoms with Crippen molar-refractivity contribution in [3.63, 3.8) is 0 Å². The minimum absolute atomic E-state index is 0.549. The van der Waals surface area contributed by atoms with Gasteiger partial charge in [0.25, 0.3) is 0 Å². The highest BCUT2D eigenvalue weighted by Gasteiger charge is 2.13. The quantitative estimate of drug-likeness (QED) is 0.777. The molecule has 1 aromatic carbocycles. The van der Waals surface area contributed by atoms with Crippen LogP contribution in [0.3, 0.4) is 0 Å². The van der Waals surface area contributed by atoms with E-state index >= 15 is 0 Å². The molecule has 1 aliphatic rings. The van der Waals surface area contributed by atoms with E-state index in [1.165, 1.54) is 19.3 Å². The smallest absolute Gasteiger partial charge is 0.310 e. The first kappa shape index (κ1) is 10.4. The third-order valence-corrected chi connectivity index (χ3v) is 3.02. The lowest BCUT2D eigenvalue weighted by atomic mass is 10.2. The number of nitrogens with one attached hydrogen (secondary N) is 1. The Morgan fingerprint density at radius 2 is 2.06 bits per heavy atom. The van der Waals surface area contributed by atoms with Gasteiger partial charge in [-0.25, -0.2) is 5.01 Å². The number of hydrogen-bond donors (Lipinski definition) is 2. The maximum Gasteiger partial charge on any atom is 0.310 e. The number of rotatable bonds is 2. The van der Waals surface area contributed by atoms with E-state index in [1.54, 1.807) is 6.07 Å². The fourth-order valence-electron chi connectivity index (χ4n) is 2.13. The largest absolute Gasteiger partial charge is 0.423 e. The first-order chi connectivity index (χ1) is 8.31. The number of nitrogen functional groups attached to an aromatic ring is 1. The van der Waals surface area contributed by atoms with Gasteiger partial charge in [-0.3, -0.25) is 5.43 Å². The highest BCUT2D eigenvalue weighted by Crippen LogP contribution is 2.22. The van der Waals surface area contributed by atoms with Crippen molar-refractivity contribution in [3.8, 4) is 0 Å². The summed E-state index contributed by atoms with van der Waals surface area (Å²) in [6.07, 6.45) is 3.75. The van der Waals surface area contributed by atoms with Crippen molar-refractivity contribution in [2.45, 2.75) is 19.3 Å². The zero-order valence-electron chi connectivity index (χ0n) is 9.65. The van der Waals surface area contributed by atoms with E-state index in [2.05, 4.69) is 15.4 Å². The normalized spacial score (nSPS) is 17.4. The summed E-state index contributed by atoms with van der Waals surface area (Å²) in [5.41, 5.74) is 11.2. The van der Waals surface area contributed by atoms with Crippen LogP contribution in [0.25, 0.3) is 11.1 Å². The second-order valence-corrected chi connectivity index (χ2v) is 4.41. The van der Waals surface area contributed by atoms with Gasteiger partial charge in [0.05, 0.1) is 0 Å². The number of hydrazine groups is 1. The molecule has 0 atom stereocenters. The zero-order chi connectivity index (χ0) is 11.7. The van der Waals surface area contributed by atoms with Crippen molar-refractivity contribution in [1.82, 2.24) is 9.99 Å². The van der Waals surface area contributed by atoms with Gasteiger partial charge in [0.2, 0.25) is 0 Å². The molecule has 0 amide bonds. The van der Waals surface area contributed by atoms with Crippen molar-refractivity contribution in [1.29, 1.82) is 0 Å². The molecule has 90 valence electrons. The van der Waals surface area contributed by atoms with Crippen LogP contribution in [0.4, 0.5) is 11.7 Å². The number of oxazole rings is 1. The molecule has 0 aliphatic carbocycles. The van der Waals surface area contributed by atoms with Crippen LogP contribution in [0.15, 0.2) is 22.6 Å². The second-order valence-electron chi connectivity index (χ2n) is 4.41. The SMILES string of the molecule is Nc1ccc2nc(NN3CCCCC3)oc2c1. The number of hydrogen-bond acceptors (Lipinski definition) is 5. The molecule has 0 bridgehead atoms. The van der Waals surface area contributed by atoms with Crippen LogP contribution < -0.4 is 11.2 Å². The molecule has 0 radical (unpaired) electrons. The van der Waals surface area contributed by atoms with E-state index in [4.69, 9.17) is 10.2 Å².